The number of aryl methyl sites for hydroxylation is 4. The first-order valence-corrected chi connectivity index (χ1v) is 47.9. The van der Waals surface area contributed by atoms with Crippen molar-refractivity contribution in [3.63, 3.8) is 0 Å². The van der Waals surface area contributed by atoms with Gasteiger partial charge in [0.05, 0.1) is 46.9 Å². The number of carbonyl (C=O) groups is 2. The van der Waals surface area contributed by atoms with Gasteiger partial charge in [0.2, 0.25) is 5.91 Å². The SMILES string of the molecule is CN(C[C@@H]1Cc2c(cccc2CN2CCCCC2)CN1)[C@H]1CCCc2cccnc21.CN(C[C@@H]1Cc2c(cccc2CN2CCCCC2=O)CN1)[C@H]1CCCc2cccnc21.CN(C[C@H]1Cc2c(cccc2C(=O)N2CCCCC2)CN1)[C@H]1CCCc2cccnc21.CN(C[C@H]1Cc2c(cccc2CN2CCCCC2)CN1)[C@H]1CCCc2cccnc21. The van der Waals surface area contributed by atoms with Crippen LogP contribution in [0.4, 0.5) is 0 Å². The van der Waals surface area contributed by atoms with E-state index < -0.39 is 0 Å². The number of likely N-dealkylation sites (tertiary alicyclic amines) is 4. The van der Waals surface area contributed by atoms with Crippen molar-refractivity contribution in [2.24, 2.45) is 0 Å². The molecule has 0 spiro atoms. The van der Waals surface area contributed by atoms with Gasteiger partial charge in [0.1, 0.15) is 0 Å². The van der Waals surface area contributed by atoms with E-state index in [2.05, 4.69) is 204 Å². The summed E-state index contributed by atoms with van der Waals surface area (Å²) >= 11 is 0. The lowest BCUT2D eigenvalue weighted by Gasteiger charge is -2.37. The number of carbonyl (C=O) groups excluding carboxylic acids is 2. The highest BCUT2D eigenvalue weighted by atomic mass is 16.2. The topological polar surface area (TPSA) is 160 Å². The number of nitrogens with zero attached hydrogens (tertiary/aromatic N) is 12. The summed E-state index contributed by atoms with van der Waals surface area (Å²) in [6.07, 6.45) is 41.2. The Bertz CT molecular complexity index is 4630. The van der Waals surface area contributed by atoms with Gasteiger partial charge in [-0.2, -0.15) is 0 Å². The molecule has 8 aromatic rings. The van der Waals surface area contributed by atoms with Crippen LogP contribution in [0.1, 0.15) is 269 Å². The minimum absolute atomic E-state index is 0.232. The summed E-state index contributed by atoms with van der Waals surface area (Å²) in [4.78, 5) is 64.2. The third-order valence-electron chi connectivity index (χ3n) is 29.7. The van der Waals surface area contributed by atoms with Gasteiger partial charge in [0, 0.05) is 153 Å². The third-order valence-corrected chi connectivity index (χ3v) is 29.7. The standard InChI is InChI=1S/2C26H34N4O.2C26H36N4/c1-29(24-11-5-7-19-10-6-13-27-26(19)24)18-22-15-23-20(16-28-22)8-4-9-21(23)17-30-14-3-2-12-25(30)31;1-29(24-12-6-8-19-10-7-13-27-25(19)24)18-21-16-23-20(17-28-21)9-5-11-22(23)26(31)30-14-3-2-4-15-30;2*1-29(25-12-6-8-20-11-7-13-27-26(20)25)19-23-16-24-21(17-28-23)9-5-10-22(24)18-30-14-3-2-4-15-30/h4,6,8-10,13,22,24,28H,2-3,5,7,11-12,14-18H2,1H3;5,7,9-11,13,21,24,28H,2-4,6,8,12,14-18H2,1H3;2*5,7,9-11,13,23,25,28H,2-4,6,8,12,14-19H2,1H3/t22-,24-;21-,24+;23-,25+;23-,25-/m0110/s1. The Hall–Kier alpha value is -7.98. The maximum atomic E-state index is 13.3. The van der Waals surface area contributed by atoms with Crippen LogP contribution in [0.2, 0.25) is 0 Å². The average molecular weight is 1650 g/mol. The molecule has 8 atom stereocenters. The van der Waals surface area contributed by atoms with Crippen molar-refractivity contribution in [3.8, 4) is 0 Å². The molecule has 20 rings (SSSR count). The molecule has 4 aliphatic carbocycles. The first-order valence-electron chi connectivity index (χ1n) is 47.9. The molecule has 18 heteroatoms. The number of benzene rings is 4. The predicted octanol–water partition coefficient (Wildman–Crippen LogP) is 15.5. The van der Waals surface area contributed by atoms with Gasteiger partial charge in [-0.25, -0.2) is 0 Å². The summed E-state index contributed by atoms with van der Waals surface area (Å²) in [7, 11) is 9.08. The Balaban J connectivity index is 0.000000116. The largest absolute Gasteiger partial charge is 0.339 e. The van der Waals surface area contributed by atoms with Gasteiger partial charge >= 0.3 is 0 Å². The maximum absolute atomic E-state index is 13.3. The van der Waals surface area contributed by atoms with Crippen LogP contribution in [0.15, 0.2) is 146 Å². The van der Waals surface area contributed by atoms with E-state index in [4.69, 9.17) is 19.9 Å². The predicted molar refractivity (Wildman–Crippen MR) is 491 cm³/mol. The number of piperidine rings is 4. The van der Waals surface area contributed by atoms with E-state index in [1.807, 2.05) is 30.9 Å². The minimum Gasteiger partial charge on any atom is -0.339 e. The van der Waals surface area contributed by atoms with Crippen LogP contribution in [-0.2, 0) is 102 Å². The molecule has 0 unspecified atom stereocenters. The fourth-order valence-corrected chi connectivity index (χ4v) is 23.0. The molecule has 4 aromatic heterocycles. The Morgan fingerprint density at radius 1 is 0.336 bits per heavy atom. The molecule has 648 valence electrons. The smallest absolute Gasteiger partial charge is 0.254 e. The van der Waals surface area contributed by atoms with E-state index in [0.717, 1.165) is 161 Å². The highest BCUT2D eigenvalue weighted by Gasteiger charge is 2.36. The summed E-state index contributed by atoms with van der Waals surface area (Å²) in [6, 6.07) is 47.6. The van der Waals surface area contributed by atoms with E-state index in [1.54, 1.807) is 22.3 Å². The van der Waals surface area contributed by atoms with E-state index >= 15 is 0 Å². The molecule has 4 N–H and O–H groups in total. The van der Waals surface area contributed by atoms with E-state index in [9.17, 15) is 9.59 Å². The number of aromatic nitrogens is 4. The summed E-state index contributed by atoms with van der Waals surface area (Å²) in [5.74, 6) is 0.550. The maximum Gasteiger partial charge on any atom is 0.254 e. The molecule has 8 aliphatic heterocycles. The zero-order chi connectivity index (χ0) is 83.1. The number of hydrogen-bond acceptors (Lipinski definition) is 16. The number of amides is 2. The number of rotatable bonds is 19. The van der Waals surface area contributed by atoms with Crippen molar-refractivity contribution < 1.29 is 9.59 Å². The molecular formula is C104H140N16O2. The molecule has 4 fully saturated rings. The van der Waals surface area contributed by atoms with Crippen molar-refractivity contribution >= 4 is 11.8 Å². The van der Waals surface area contributed by atoms with Crippen LogP contribution in [0.3, 0.4) is 0 Å². The van der Waals surface area contributed by atoms with Crippen molar-refractivity contribution in [2.75, 3.05) is 100 Å². The van der Waals surface area contributed by atoms with Crippen molar-refractivity contribution in [1.82, 2.24) is 80.4 Å². The van der Waals surface area contributed by atoms with Gasteiger partial charge in [-0.1, -0.05) is 104 Å². The van der Waals surface area contributed by atoms with Crippen LogP contribution >= 0.6 is 0 Å². The van der Waals surface area contributed by atoms with Gasteiger partial charge in [0.15, 0.2) is 0 Å². The summed E-state index contributed by atoms with van der Waals surface area (Å²) in [6.45, 7) is 18.7. The highest BCUT2D eigenvalue weighted by Crippen LogP contribution is 2.39. The Morgan fingerprint density at radius 2 is 0.648 bits per heavy atom. The summed E-state index contributed by atoms with van der Waals surface area (Å²) in [5.41, 5.74) is 27.9. The van der Waals surface area contributed by atoms with Gasteiger partial charge in [-0.05, 0) is 329 Å². The Morgan fingerprint density at radius 3 is 1.01 bits per heavy atom. The molecule has 0 radical (unpaired) electrons. The number of fused-ring (bicyclic) bond motifs is 8. The fourth-order valence-electron chi connectivity index (χ4n) is 23.0. The molecular weight excluding hydrogens is 1510 g/mol. The molecule has 0 bridgehead atoms. The zero-order valence-corrected chi connectivity index (χ0v) is 74.2. The average Bonchev–Trinajstić information content (AvgIpc) is 0.792. The van der Waals surface area contributed by atoms with Crippen molar-refractivity contribution in [1.29, 1.82) is 0 Å². The second-order valence-electron chi connectivity index (χ2n) is 38.1. The molecule has 12 aliphatic rings. The van der Waals surface area contributed by atoms with Crippen LogP contribution in [-0.4, -0.2) is 195 Å². The monoisotopic (exact) mass is 1650 g/mol. The van der Waals surface area contributed by atoms with E-state index in [0.29, 0.717) is 60.7 Å². The lowest BCUT2D eigenvalue weighted by atomic mass is 9.88. The molecule has 4 saturated heterocycles. The molecule has 2 amide bonds. The molecule has 0 saturated carbocycles. The molecule has 18 nitrogen and oxygen atoms in total. The lowest BCUT2D eigenvalue weighted by molar-refractivity contribution is -0.133. The summed E-state index contributed by atoms with van der Waals surface area (Å²) < 4.78 is 0. The molecule has 12 heterocycles. The van der Waals surface area contributed by atoms with Crippen molar-refractivity contribution in [3.05, 3.63) is 258 Å². The first-order chi connectivity index (χ1) is 59.9. The number of nitrogens with one attached hydrogen (secondary N) is 4. The normalized spacial score (nSPS) is 24.0. The quantitative estimate of drug-likeness (QED) is 0.0605. The first kappa shape index (κ1) is 86.2. The Kier molecular flexibility index (Phi) is 29.6. The van der Waals surface area contributed by atoms with E-state index in [-0.39, 0.29) is 5.91 Å². The van der Waals surface area contributed by atoms with Crippen molar-refractivity contribution in [2.45, 2.75) is 274 Å². The molecule has 122 heavy (non-hydrogen) atoms. The van der Waals surface area contributed by atoms with Gasteiger partial charge < -0.3 is 31.1 Å². The minimum atomic E-state index is 0.232. The lowest BCUT2D eigenvalue weighted by Crippen LogP contribution is -2.46. The van der Waals surface area contributed by atoms with E-state index in [1.165, 1.54) is 219 Å². The fraction of sp³-hybridized carbons (Fsp3) is 0.558. The van der Waals surface area contributed by atoms with Crippen LogP contribution in [0, 0.1) is 0 Å². The van der Waals surface area contributed by atoms with Gasteiger partial charge in [-0.15, -0.1) is 0 Å². The third kappa shape index (κ3) is 21.2. The number of hydrogen-bond donors (Lipinski definition) is 4. The highest BCUT2D eigenvalue weighted by molar-refractivity contribution is 5.96. The summed E-state index contributed by atoms with van der Waals surface area (Å²) in [5, 5.41) is 15.1. The Labute approximate surface area is 729 Å². The number of pyridine rings is 4. The zero-order valence-electron chi connectivity index (χ0n) is 74.2. The van der Waals surface area contributed by atoms with Gasteiger partial charge in [-0.3, -0.25) is 58.9 Å². The molecule has 4 aromatic carbocycles. The van der Waals surface area contributed by atoms with Gasteiger partial charge in [0.25, 0.3) is 5.91 Å². The van der Waals surface area contributed by atoms with Crippen LogP contribution in [0.5, 0.6) is 0 Å². The second kappa shape index (κ2) is 41.9. The van der Waals surface area contributed by atoms with Crippen LogP contribution in [0.25, 0.3) is 0 Å². The van der Waals surface area contributed by atoms with Crippen LogP contribution < -0.4 is 21.3 Å². The second-order valence-corrected chi connectivity index (χ2v) is 38.1. The number of likely N-dealkylation sites (N-methyl/N-ethyl adjacent to an activating group) is 4.